The van der Waals surface area contributed by atoms with Crippen molar-refractivity contribution in [2.24, 2.45) is 0 Å². The Morgan fingerprint density at radius 3 is 2.48 bits per heavy atom. The Kier molecular flexibility index (Phi) is 6.99. The van der Waals surface area contributed by atoms with Crippen molar-refractivity contribution >= 4 is 17.0 Å². The zero-order valence-electron chi connectivity index (χ0n) is 21.1. The van der Waals surface area contributed by atoms with Crippen LogP contribution in [0.2, 0.25) is 0 Å². The Bertz CT molecular complexity index is 1160. The lowest BCUT2D eigenvalue weighted by molar-refractivity contribution is 0.0448. The monoisotopic (exact) mass is 453 g/mol. The molecule has 0 unspecified atom stereocenters. The molecule has 1 saturated heterocycles. The summed E-state index contributed by atoms with van der Waals surface area (Å²) < 4.78 is 20.3. The van der Waals surface area contributed by atoms with E-state index in [2.05, 4.69) is 26.1 Å². The van der Waals surface area contributed by atoms with Crippen LogP contribution in [-0.4, -0.2) is 41.0 Å². The fourth-order valence-corrected chi connectivity index (χ4v) is 4.08. The molecule has 1 aliphatic rings. The van der Waals surface area contributed by atoms with Gasteiger partial charge in [0.2, 0.25) is 0 Å². The van der Waals surface area contributed by atoms with Crippen LogP contribution in [0.4, 0.5) is 4.39 Å². The highest BCUT2D eigenvalue weighted by molar-refractivity contribution is 5.97. The Morgan fingerprint density at radius 1 is 1.18 bits per heavy atom. The summed E-state index contributed by atoms with van der Waals surface area (Å²) in [4.78, 5) is 19.9. The number of carbonyl (C=O) groups is 1. The van der Waals surface area contributed by atoms with Crippen LogP contribution in [0.1, 0.15) is 70.1 Å². The third kappa shape index (κ3) is 4.96. The maximum atomic E-state index is 14.2. The third-order valence-corrected chi connectivity index (χ3v) is 6.01. The van der Waals surface area contributed by atoms with E-state index in [-0.39, 0.29) is 28.4 Å². The highest BCUT2D eigenvalue weighted by Crippen LogP contribution is 2.35. The van der Waals surface area contributed by atoms with E-state index in [1.54, 1.807) is 19.1 Å². The number of furan rings is 1. The van der Waals surface area contributed by atoms with Crippen molar-refractivity contribution in [2.75, 3.05) is 19.6 Å². The van der Waals surface area contributed by atoms with E-state index in [0.717, 1.165) is 18.7 Å². The molecule has 3 aromatic rings. The molecule has 1 aliphatic heterocycles. The van der Waals surface area contributed by atoms with Crippen molar-refractivity contribution < 1.29 is 13.6 Å². The SMILES string of the molecule is CC.Cc1ccc(-c2cc(C(C)(C)C)c3oc(C(=O)N4CCNCC4(C)C)cc3n2)cc1F. The highest BCUT2D eigenvalue weighted by Gasteiger charge is 2.35. The van der Waals surface area contributed by atoms with Gasteiger partial charge in [0.05, 0.1) is 11.2 Å². The van der Waals surface area contributed by atoms with Gasteiger partial charge < -0.3 is 14.6 Å². The Hall–Kier alpha value is -2.73. The number of halogens is 1. The van der Waals surface area contributed by atoms with Crippen molar-refractivity contribution in [3.05, 3.63) is 53.0 Å². The molecule has 0 bridgehead atoms. The number of hydrogen-bond donors (Lipinski definition) is 1. The molecule has 5 nitrogen and oxygen atoms in total. The number of nitrogens with zero attached hydrogens (tertiary/aromatic N) is 2. The summed E-state index contributed by atoms with van der Waals surface area (Å²) in [6, 6.07) is 8.79. The molecule has 1 fully saturated rings. The topological polar surface area (TPSA) is 58.4 Å². The fraction of sp³-hybridized carbons (Fsp3) is 0.481. The van der Waals surface area contributed by atoms with Crippen LogP contribution >= 0.6 is 0 Å². The molecule has 0 atom stereocenters. The van der Waals surface area contributed by atoms with Gasteiger partial charge in [-0.05, 0) is 43.9 Å². The first-order chi connectivity index (χ1) is 15.5. The molecule has 178 valence electrons. The smallest absolute Gasteiger partial charge is 0.290 e. The number of nitrogens with one attached hydrogen (secondary N) is 1. The molecular formula is C27H36FN3O2. The number of amides is 1. The zero-order valence-corrected chi connectivity index (χ0v) is 21.1. The van der Waals surface area contributed by atoms with Gasteiger partial charge in [-0.15, -0.1) is 0 Å². The van der Waals surface area contributed by atoms with E-state index < -0.39 is 0 Å². The van der Waals surface area contributed by atoms with E-state index in [0.29, 0.717) is 34.5 Å². The number of piperazine rings is 1. The van der Waals surface area contributed by atoms with Gasteiger partial charge in [-0.25, -0.2) is 9.37 Å². The number of carbonyl (C=O) groups excluding carboxylic acids is 1. The number of aromatic nitrogens is 1. The molecule has 33 heavy (non-hydrogen) atoms. The van der Waals surface area contributed by atoms with Crippen LogP contribution in [0.3, 0.4) is 0 Å². The van der Waals surface area contributed by atoms with Gasteiger partial charge in [-0.1, -0.05) is 46.8 Å². The quantitative estimate of drug-likeness (QED) is 0.510. The first-order valence-electron chi connectivity index (χ1n) is 11.7. The van der Waals surface area contributed by atoms with E-state index in [1.165, 1.54) is 6.07 Å². The predicted molar refractivity (Wildman–Crippen MR) is 132 cm³/mol. The van der Waals surface area contributed by atoms with Gasteiger partial charge >= 0.3 is 0 Å². The maximum Gasteiger partial charge on any atom is 0.290 e. The average molecular weight is 454 g/mol. The van der Waals surface area contributed by atoms with Gasteiger partial charge in [0.25, 0.3) is 5.91 Å². The van der Waals surface area contributed by atoms with Gasteiger partial charge in [-0.3, -0.25) is 4.79 Å². The van der Waals surface area contributed by atoms with Crippen LogP contribution in [0, 0.1) is 12.7 Å². The zero-order chi connectivity index (χ0) is 24.6. The molecule has 1 amide bonds. The van der Waals surface area contributed by atoms with E-state index in [1.807, 2.05) is 44.7 Å². The van der Waals surface area contributed by atoms with Crippen LogP contribution in [-0.2, 0) is 5.41 Å². The van der Waals surface area contributed by atoms with Crippen LogP contribution < -0.4 is 5.32 Å². The lowest BCUT2D eigenvalue weighted by atomic mass is 9.86. The van der Waals surface area contributed by atoms with Gasteiger partial charge in [0, 0.05) is 36.8 Å². The van der Waals surface area contributed by atoms with E-state index >= 15 is 0 Å². The van der Waals surface area contributed by atoms with Crippen LogP contribution in [0.15, 0.2) is 34.7 Å². The second kappa shape index (κ2) is 9.26. The Balaban J connectivity index is 0.00000149. The standard InChI is InChI=1S/C25H30FN3O2.C2H6/c1-15-7-8-16(11-18(15)26)19-12-17(24(2,3)4)22-20(28-19)13-21(31-22)23(30)29-10-9-27-14-25(29,5)6;1-2/h7-8,11-13,27H,9-10,14H2,1-6H3;1-2H3. The lowest BCUT2D eigenvalue weighted by Crippen LogP contribution is -2.59. The van der Waals surface area contributed by atoms with Crippen molar-refractivity contribution in [3.63, 3.8) is 0 Å². The molecule has 0 saturated carbocycles. The summed E-state index contributed by atoms with van der Waals surface area (Å²) in [5, 5.41) is 3.33. The van der Waals surface area contributed by atoms with Crippen LogP contribution in [0.25, 0.3) is 22.4 Å². The minimum atomic E-state index is -0.306. The van der Waals surface area contributed by atoms with Crippen molar-refractivity contribution in [1.29, 1.82) is 0 Å². The average Bonchev–Trinajstić information content (AvgIpc) is 3.19. The molecule has 4 rings (SSSR count). The number of fused-ring (bicyclic) bond motifs is 1. The second-order valence-electron chi connectivity index (χ2n) is 10.0. The Labute approximate surface area is 196 Å². The molecule has 0 aliphatic carbocycles. The van der Waals surface area contributed by atoms with Gasteiger partial charge in [-0.2, -0.15) is 0 Å². The molecular weight excluding hydrogens is 417 g/mol. The maximum absolute atomic E-state index is 14.2. The van der Waals surface area contributed by atoms with Gasteiger partial charge in [0.15, 0.2) is 11.3 Å². The highest BCUT2D eigenvalue weighted by atomic mass is 19.1. The van der Waals surface area contributed by atoms with Gasteiger partial charge in [0.1, 0.15) is 11.3 Å². The van der Waals surface area contributed by atoms with Crippen molar-refractivity contribution in [2.45, 2.75) is 66.3 Å². The van der Waals surface area contributed by atoms with E-state index in [4.69, 9.17) is 9.40 Å². The minimum absolute atomic E-state index is 0.132. The minimum Gasteiger partial charge on any atom is -0.449 e. The first-order valence-corrected chi connectivity index (χ1v) is 11.7. The molecule has 0 spiro atoms. The second-order valence-corrected chi connectivity index (χ2v) is 10.0. The summed E-state index contributed by atoms with van der Waals surface area (Å²) in [6.07, 6.45) is 0. The summed E-state index contributed by atoms with van der Waals surface area (Å²) >= 11 is 0. The summed E-state index contributed by atoms with van der Waals surface area (Å²) in [7, 11) is 0. The molecule has 1 aromatic carbocycles. The summed E-state index contributed by atoms with van der Waals surface area (Å²) in [5.74, 6) is -0.108. The predicted octanol–water partition coefficient (Wildman–Crippen LogP) is 6.09. The van der Waals surface area contributed by atoms with Crippen molar-refractivity contribution in [3.8, 4) is 11.3 Å². The number of benzene rings is 1. The summed E-state index contributed by atoms with van der Waals surface area (Å²) in [6.45, 7) is 18.2. The molecule has 0 radical (unpaired) electrons. The number of pyridine rings is 1. The molecule has 6 heteroatoms. The Morgan fingerprint density at radius 2 is 1.88 bits per heavy atom. The third-order valence-electron chi connectivity index (χ3n) is 6.01. The van der Waals surface area contributed by atoms with Crippen molar-refractivity contribution in [1.82, 2.24) is 15.2 Å². The van der Waals surface area contributed by atoms with Crippen LogP contribution in [0.5, 0.6) is 0 Å². The molecule has 2 aromatic heterocycles. The first kappa shape index (κ1) is 24.9. The number of hydrogen-bond acceptors (Lipinski definition) is 4. The largest absolute Gasteiger partial charge is 0.449 e. The fourth-order valence-electron chi connectivity index (χ4n) is 4.08. The number of rotatable bonds is 2. The molecule has 1 N–H and O–H groups in total. The number of aryl methyl sites for hydroxylation is 1. The van der Waals surface area contributed by atoms with E-state index in [9.17, 15) is 9.18 Å². The normalized spacial score (nSPS) is 15.8. The summed E-state index contributed by atoms with van der Waals surface area (Å²) in [5.41, 5.74) is 3.57. The lowest BCUT2D eigenvalue weighted by Gasteiger charge is -2.42. The molecule has 3 heterocycles.